The molecule has 1 N–H and O–H groups in total. The van der Waals surface area contributed by atoms with Crippen molar-refractivity contribution in [1.29, 1.82) is 0 Å². The molecule has 3 aromatic carbocycles. The van der Waals surface area contributed by atoms with E-state index in [0.29, 0.717) is 5.95 Å². The summed E-state index contributed by atoms with van der Waals surface area (Å²) in [6.07, 6.45) is 5.86. The number of rotatable bonds is 4. The fourth-order valence-electron chi connectivity index (χ4n) is 4.09. The molecular formula is C26H19BrN6. The summed E-state index contributed by atoms with van der Waals surface area (Å²) in [6.45, 7) is 0. The summed E-state index contributed by atoms with van der Waals surface area (Å²) in [5.41, 5.74) is 6.09. The van der Waals surface area contributed by atoms with E-state index in [1.807, 2.05) is 57.9 Å². The highest BCUT2D eigenvalue weighted by atomic mass is 79.9. The molecule has 6 rings (SSSR count). The van der Waals surface area contributed by atoms with E-state index in [1.165, 1.54) is 0 Å². The Labute approximate surface area is 199 Å². The zero-order valence-corrected chi connectivity index (χ0v) is 19.1. The Morgan fingerprint density at radius 3 is 2.30 bits per heavy atom. The van der Waals surface area contributed by atoms with Crippen LogP contribution in [0.4, 0.5) is 5.95 Å². The molecule has 6 nitrogen and oxygen atoms in total. The molecule has 33 heavy (non-hydrogen) atoms. The number of benzene rings is 3. The van der Waals surface area contributed by atoms with Gasteiger partial charge in [0.2, 0.25) is 5.95 Å². The van der Waals surface area contributed by atoms with Gasteiger partial charge in [-0.3, -0.25) is 0 Å². The minimum Gasteiger partial charge on any atom is -0.324 e. The maximum atomic E-state index is 4.99. The zero-order valence-electron chi connectivity index (χ0n) is 17.5. The average molecular weight is 495 g/mol. The normalized spacial score (nSPS) is 14.9. The lowest BCUT2D eigenvalue weighted by molar-refractivity contribution is 0.612. The first-order valence-corrected chi connectivity index (χ1v) is 11.4. The number of aromatic nitrogens is 5. The van der Waals surface area contributed by atoms with Gasteiger partial charge in [-0.05, 0) is 35.9 Å². The van der Waals surface area contributed by atoms with Gasteiger partial charge in [-0.2, -0.15) is 15.2 Å². The summed E-state index contributed by atoms with van der Waals surface area (Å²) in [7, 11) is 0. The largest absolute Gasteiger partial charge is 0.324 e. The highest BCUT2D eigenvalue weighted by Gasteiger charge is 2.28. The summed E-state index contributed by atoms with van der Waals surface area (Å²) in [5.74, 6) is 0.701. The number of hydrogen-bond acceptors (Lipinski definition) is 4. The third-order valence-corrected chi connectivity index (χ3v) is 6.22. The molecule has 0 aliphatic carbocycles. The van der Waals surface area contributed by atoms with Crippen LogP contribution in [-0.4, -0.2) is 24.5 Å². The van der Waals surface area contributed by atoms with Crippen LogP contribution in [0.25, 0.3) is 22.6 Å². The van der Waals surface area contributed by atoms with Crippen molar-refractivity contribution in [1.82, 2.24) is 24.5 Å². The molecule has 0 saturated carbocycles. The van der Waals surface area contributed by atoms with Gasteiger partial charge in [0.05, 0.1) is 11.4 Å². The molecule has 2 aromatic heterocycles. The quantitative estimate of drug-likeness (QED) is 0.335. The lowest BCUT2D eigenvalue weighted by atomic mass is 9.99. The number of halogens is 1. The second-order valence-electron chi connectivity index (χ2n) is 7.76. The smallest absolute Gasteiger partial charge is 0.226 e. The predicted octanol–water partition coefficient (Wildman–Crippen LogP) is 5.95. The first-order valence-electron chi connectivity index (χ1n) is 10.6. The van der Waals surface area contributed by atoms with Gasteiger partial charge in [0.1, 0.15) is 12.4 Å². The van der Waals surface area contributed by atoms with Gasteiger partial charge in [-0.25, -0.2) is 9.36 Å². The number of allylic oxidation sites excluding steroid dienone is 1. The number of nitrogens with one attached hydrogen (secondary N) is 1. The van der Waals surface area contributed by atoms with E-state index in [0.717, 1.165) is 38.2 Å². The summed E-state index contributed by atoms with van der Waals surface area (Å²) in [5, 5.41) is 12.9. The van der Waals surface area contributed by atoms with E-state index in [1.54, 1.807) is 6.33 Å². The van der Waals surface area contributed by atoms with E-state index in [2.05, 4.69) is 80.0 Å². The molecule has 0 spiro atoms. The van der Waals surface area contributed by atoms with E-state index in [9.17, 15) is 0 Å². The van der Waals surface area contributed by atoms with E-state index >= 15 is 0 Å². The van der Waals surface area contributed by atoms with Gasteiger partial charge >= 0.3 is 0 Å². The van der Waals surface area contributed by atoms with Crippen molar-refractivity contribution >= 4 is 27.6 Å². The Balaban J connectivity index is 1.54. The van der Waals surface area contributed by atoms with Crippen LogP contribution in [0.5, 0.6) is 0 Å². The minimum absolute atomic E-state index is 0.171. The lowest BCUT2D eigenvalue weighted by Gasteiger charge is -2.24. The monoisotopic (exact) mass is 494 g/mol. The maximum Gasteiger partial charge on any atom is 0.226 e. The van der Waals surface area contributed by atoms with Crippen molar-refractivity contribution in [2.45, 2.75) is 6.04 Å². The number of anilines is 1. The van der Waals surface area contributed by atoms with E-state index < -0.39 is 0 Å². The summed E-state index contributed by atoms with van der Waals surface area (Å²) < 4.78 is 4.88. The molecule has 3 heterocycles. The van der Waals surface area contributed by atoms with Gasteiger partial charge < -0.3 is 5.32 Å². The highest BCUT2D eigenvalue weighted by Crippen LogP contribution is 2.37. The molecule has 0 bridgehead atoms. The Morgan fingerprint density at radius 2 is 1.55 bits per heavy atom. The standard InChI is InChI=1S/C26H19BrN6/c27-20-13-11-18(12-14-20)23-15-24(33-26(30-23)28-17-29-33)22-16-32(21-9-5-2-6-10-21)31-25(22)19-7-3-1-4-8-19/h1-17,24H,(H,28,29,30). The molecule has 1 aliphatic heterocycles. The molecule has 1 atom stereocenters. The number of fused-ring (bicyclic) bond motifs is 1. The Hall–Kier alpha value is -3.97. The first kappa shape index (κ1) is 19.7. The lowest BCUT2D eigenvalue weighted by Crippen LogP contribution is -2.20. The molecular weight excluding hydrogens is 476 g/mol. The second kappa shape index (κ2) is 8.18. The van der Waals surface area contributed by atoms with Crippen LogP contribution in [-0.2, 0) is 0 Å². The van der Waals surface area contributed by atoms with Crippen LogP contribution in [0.15, 0.2) is 108 Å². The Bertz CT molecular complexity index is 1440. The minimum atomic E-state index is -0.171. The van der Waals surface area contributed by atoms with Crippen LogP contribution in [0.1, 0.15) is 17.2 Å². The zero-order chi connectivity index (χ0) is 22.2. The van der Waals surface area contributed by atoms with Gasteiger partial charge in [-0.15, -0.1) is 0 Å². The number of para-hydroxylation sites is 1. The van der Waals surface area contributed by atoms with Gasteiger partial charge in [-0.1, -0.05) is 76.6 Å². The second-order valence-corrected chi connectivity index (χ2v) is 8.68. The van der Waals surface area contributed by atoms with Gasteiger partial charge in [0, 0.05) is 27.5 Å². The third kappa shape index (κ3) is 3.66. The van der Waals surface area contributed by atoms with Crippen molar-refractivity contribution in [3.05, 3.63) is 119 Å². The molecule has 0 fully saturated rings. The van der Waals surface area contributed by atoms with Crippen LogP contribution in [0.3, 0.4) is 0 Å². The molecule has 160 valence electrons. The molecule has 1 aliphatic rings. The summed E-state index contributed by atoms with van der Waals surface area (Å²) in [4.78, 5) is 4.46. The fraction of sp³-hybridized carbons (Fsp3) is 0.0385. The SMILES string of the molecule is Brc1ccc(C2=CC(c3cn(-c4ccccc4)nc3-c3ccccc3)n3ncnc3N2)cc1. The van der Waals surface area contributed by atoms with Crippen molar-refractivity contribution in [2.75, 3.05) is 5.32 Å². The first-order chi connectivity index (χ1) is 16.3. The van der Waals surface area contributed by atoms with Crippen LogP contribution in [0.2, 0.25) is 0 Å². The van der Waals surface area contributed by atoms with Crippen molar-refractivity contribution < 1.29 is 0 Å². The Morgan fingerprint density at radius 1 is 0.818 bits per heavy atom. The van der Waals surface area contributed by atoms with E-state index in [4.69, 9.17) is 5.10 Å². The van der Waals surface area contributed by atoms with E-state index in [-0.39, 0.29) is 6.04 Å². The summed E-state index contributed by atoms with van der Waals surface area (Å²) >= 11 is 3.52. The summed E-state index contributed by atoms with van der Waals surface area (Å²) in [6, 6.07) is 28.5. The fourth-order valence-corrected chi connectivity index (χ4v) is 4.35. The van der Waals surface area contributed by atoms with Crippen LogP contribution >= 0.6 is 15.9 Å². The number of hydrogen-bond donors (Lipinski definition) is 1. The van der Waals surface area contributed by atoms with Crippen molar-refractivity contribution in [3.63, 3.8) is 0 Å². The Kier molecular flexibility index (Phi) is 4.88. The molecule has 1 unspecified atom stereocenters. The van der Waals surface area contributed by atoms with Crippen molar-refractivity contribution in [3.8, 4) is 16.9 Å². The highest BCUT2D eigenvalue weighted by molar-refractivity contribution is 9.10. The number of nitrogens with zero attached hydrogens (tertiary/aromatic N) is 5. The molecule has 5 aromatic rings. The van der Waals surface area contributed by atoms with Crippen LogP contribution in [0, 0.1) is 0 Å². The average Bonchev–Trinajstić information content (AvgIpc) is 3.53. The predicted molar refractivity (Wildman–Crippen MR) is 133 cm³/mol. The molecule has 0 amide bonds. The third-order valence-electron chi connectivity index (χ3n) is 5.69. The molecule has 0 saturated heterocycles. The van der Waals surface area contributed by atoms with Gasteiger partial charge in [0.25, 0.3) is 0 Å². The maximum absolute atomic E-state index is 4.99. The van der Waals surface area contributed by atoms with Gasteiger partial charge in [0.15, 0.2) is 0 Å². The van der Waals surface area contributed by atoms with Crippen LogP contribution < -0.4 is 5.32 Å². The topological polar surface area (TPSA) is 60.6 Å². The van der Waals surface area contributed by atoms with Crippen molar-refractivity contribution in [2.24, 2.45) is 0 Å². The molecule has 0 radical (unpaired) electrons. The molecule has 7 heteroatoms.